The molecule has 0 unspecified atom stereocenters. The maximum atomic E-state index is 11.4. The van der Waals surface area contributed by atoms with Gasteiger partial charge < -0.3 is 15.4 Å². The van der Waals surface area contributed by atoms with Gasteiger partial charge >= 0.3 is 6.09 Å². The van der Waals surface area contributed by atoms with Crippen LogP contribution in [-0.2, 0) is 4.74 Å². The fourth-order valence-electron chi connectivity index (χ4n) is 1.66. The van der Waals surface area contributed by atoms with Crippen molar-refractivity contribution >= 4 is 11.8 Å². The predicted molar refractivity (Wildman–Crippen MR) is 78.6 cm³/mol. The predicted octanol–water partition coefficient (Wildman–Crippen LogP) is 2.80. The number of carbonyl (C=O) groups excluding carboxylic acids is 1. The van der Waals surface area contributed by atoms with E-state index in [9.17, 15) is 4.79 Å². The van der Waals surface area contributed by atoms with E-state index in [1.54, 1.807) is 6.07 Å². The van der Waals surface area contributed by atoms with E-state index in [4.69, 9.17) is 10.00 Å². The Hall–Kier alpha value is -2.22. The first-order valence-corrected chi connectivity index (χ1v) is 6.54. The van der Waals surface area contributed by atoms with Crippen LogP contribution in [0.2, 0.25) is 0 Å². The molecule has 2 N–H and O–H groups in total. The third-order valence-electron chi connectivity index (χ3n) is 2.49. The topological polar surface area (TPSA) is 74.2 Å². The molecule has 1 amide bonds. The Morgan fingerprint density at radius 1 is 1.35 bits per heavy atom. The second-order valence-corrected chi connectivity index (χ2v) is 5.46. The van der Waals surface area contributed by atoms with Crippen molar-refractivity contribution in [2.75, 3.05) is 18.4 Å². The number of hydrogen-bond donors (Lipinski definition) is 2. The summed E-state index contributed by atoms with van der Waals surface area (Å²) in [6.45, 7) is 8.34. The Bertz CT molecular complexity index is 513. The Kier molecular flexibility index (Phi) is 5.39. The van der Waals surface area contributed by atoms with Crippen molar-refractivity contribution in [3.63, 3.8) is 0 Å². The minimum absolute atomic E-state index is 0.425. The quantitative estimate of drug-likeness (QED) is 0.829. The number of hydrogen-bond acceptors (Lipinski definition) is 4. The van der Waals surface area contributed by atoms with Gasteiger partial charge in [-0.1, -0.05) is 12.1 Å². The van der Waals surface area contributed by atoms with Crippen LogP contribution < -0.4 is 10.6 Å². The van der Waals surface area contributed by atoms with Crippen molar-refractivity contribution in [1.82, 2.24) is 5.32 Å². The minimum Gasteiger partial charge on any atom is -0.444 e. The summed E-state index contributed by atoms with van der Waals surface area (Å²) in [5.41, 5.74) is 1.91. The summed E-state index contributed by atoms with van der Waals surface area (Å²) < 4.78 is 5.13. The number of amides is 1. The molecule has 1 aromatic carbocycles. The van der Waals surface area contributed by atoms with Crippen LogP contribution in [0.5, 0.6) is 0 Å². The molecule has 0 aliphatic rings. The molecular weight excluding hydrogens is 254 g/mol. The van der Waals surface area contributed by atoms with Crippen LogP contribution in [0.1, 0.15) is 31.9 Å². The molecule has 20 heavy (non-hydrogen) atoms. The van der Waals surface area contributed by atoms with E-state index in [1.165, 1.54) is 0 Å². The van der Waals surface area contributed by atoms with Gasteiger partial charge in [0.1, 0.15) is 11.7 Å². The molecule has 0 atom stereocenters. The third kappa shape index (κ3) is 5.19. The van der Waals surface area contributed by atoms with Gasteiger partial charge in [0.15, 0.2) is 0 Å². The molecule has 1 rings (SSSR count). The van der Waals surface area contributed by atoms with E-state index in [-0.39, 0.29) is 0 Å². The first-order valence-electron chi connectivity index (χ1n) is 6.54. The lowest BCUT2D eigenvalue weighted by molar-refractivity contribution is 0.0530. The molecule has 1 aromatic rings. The second-order valence-electron chi connectivity index (χ2n) is 5.46. The van der Waals surface area contributed by atoms with E-state index in [2.05, 4.69) is 16.7 Å². The molecule has 0 bridgehead atoms. The molecule has 0 spiro atoms. The number of nitriles is 1. The minimum atomic E-state index is -0.499. The van der Waals surface area contributed by atoms with Crippen molar-refractivity contribution < 1.29 is 9.53 Å². The van der Waals surface area contributed by atoms with Crippen LogP contribution in [-0.4, -0.2) is 24.8 Å². The molecule has 0 aliphatic carbocycles. The van der Waals surface area contributed by atoms with Crippen LogP contribution >= 0.6 is 0 Å². The SMILES string of the molecule is Cc1cccc(C#N)c1NCCNC(=O)OC(C)(C)C. The van der Waals surface area contributed by atoms with Gasteiger partial charge in [-0.05, 0) is 39.3 Å². The van der Waals surface area contributed by atoms with E-state index in [0.717, 1.165) is 11.3 Å². The lowest BCUT2D eigenvalue weighted by Crippen LogP contribution is -2.35. The van der Waals surface area contributed by atoms with Crippen LogP contribution in [0.25, 0.3) is 0 Å². The van der Waals surface area contributed by atoms with Crippen LogP contribution in [0.4, 0.5) is 10.5 Å². The summed E-state index contributed by atoms with van der Waals surface area (Å²) in [7, 11) is 0. The largest absolute Gasteiger partial charge is 0.444 e. The van der Waals surface area contributed by atoms with E-state index in [0.29, 0.717) is 18.7 Å². The molecule has 5 nitrogen and oxygen atoms in total. The highest BCUT2D eigenvalue weighted by Crippen LogP contribution is 2.18. The number of rotatable bonds is 4. The van der Waals surface area contributed by atoms with E-state index >= 15 is 0 Å². The van der Waals surface area contributed by atoms with Crippen LogP contribution in [0.3, 0.4) is 0 Å². The Labute approximate surface area is 119 Å². The van der Waals surface area contributed by atoms with Gasteiger partial charge in [0.2, 0.25) is 0 Å². The van der Waals surface area contributed by atoms with Gasteiger partial charge in [-0.25, -0.2) is 4.79 Å². The first kappa shape index (κ1) is 15.8. The average molecular weight is 275 g/mol. The Morgan fingerprint density at radius 3 is 2.65 bits per heavy atom. The second kappa shape index (κ2) is 6.80. The van der Waals surface area contributed by atoms with Gasteiger partial charge in [0.05, 0.1) is 11.3 Å². The number of ether oxygens (including phenoxy) is 1. The van der Waals surface area contributed by atoms with Gasteiger partial charge in [0.25, 0.3) is 0 Å². The highest BCUT2D eigenvalue weighted by molar-refractivity contribution is 5.68. The highest BCUT2D eigenvalue weighted by atomic mass is 16.6. The van der Waals surface area contributed by atoms with Crippen molar-refractivity contribution in [2.24, 2.45) is 0 Å². The van der Waals surface area contributed by atoms with Gasteiger partial charge in [-0.3, -0.25) is 0 Å². The number of benzene rings is 1. The summed E-state index contributed by atoms with van der Waals surface area (Å²) in [4.78, 5) is 11.4. The van der Waals surface area contributed by atoms with Crippen LogP contribution in [0, 0.1) is 18.3 Å². The maximum absolute atomic E-state index is 11.4. The maximum Gasteiger partial charge on any atom is 0.407 e. The molecule has 0 radical (unpaired) electrons. The molecular formula is C15H21N3O2. The fourth-order valence-corrected chi connectivity index (χ4v) is 1.66. The number of nitrogens with zero attached hydrogens (tertiary/aromatic N) is 1. The number of alkyl carbamates (subject to hydrolysis) is 1. The molecule has 0 aliphatic heterocycles. The number of anilines is 1. The lowest BCUT2D eigenvalue weighted by Gasteiger charge is -2.20. The molecule has 0 fully saturated rings. The third-order valence-corrected chi connectivity index (χ3v) is 2.49. The van der Waals surface area contributed by atoms with E-state index < -0.39 is 11.7 Å². The number of para-hydroxylation sites is 1. The molecule has 0 saturated carbocycles. The van der Waals surface area contributed by atoms with Gasteiger partial charge in [-0.2, -0.15) is 5.26 Å². The number of nitrogens with one attached hydrogen (secondary N) is 2. The van der Waals surface area contributed by atoms with Crippen molar-refractivity contribution in [1.29, 1.82) is 5.26 Å². The normalized spacial score (nSPS) is 10.6. The van der Waals surface area contributed by atoms with E-state index in [1.807, 2.05) is 39.8 Å². The Morgan fingerprint density at radius 2 is 2.05 bits per heavy atom. The van der Waals surface area contributed by atoms with Crippen LogP contribution in [0.15, 0.2) is 18.2 Å². The zero-order valence-electron chi connectivity index (χ0n) is 12.4. The van der Waals surface area contributed by atoms with Gasteiger partial charge in [-0.15, -0.1) is 0 Å². The van der Waals surface area contributed by atoms with Crippen molar-refractivity contribution in [3.05, 3.63) is 29.3 Å². The zero-order valence-corrected chi connectivity index (χ0v) is 12.4. The molecule has 0 saturated heterocycles. The first-order chi connectivity index (χ1) is 9.33. The van der Waals surface area contributed by atoms with Gasteiger partial charge in [0, 0.05) is 13.1 Å². The molecule has 0 aromatic heterocycles. The summed E-state index contributed by atoms with van der Waals surface area (Å²) in [6.07, 6.45) is -0.440. The summed E-state index contributed by atoms with van der Waals surface area (Å²) in [5, 5.41) is 14.9. The standard InChI is InChI=1S/C15H21N3O2/c1-11-6-5-7-12(10-16)13(11)17-8-9-18-14(19)20-15(2,3)4/h5-7,17H,8-9H2,1-4H3,(H,18,19). The molecule has 5 heteroatoms. The zero-order chi connectivity index (χ0) is 15.2. The monoisotopic (exact) mass is 275 g/mol. The summed E-state index contributed by atoms with van der Waals surface area (Å²) >= 11 is 0. The van der Waals surface area contributed by atoms with Crippen molar-refractivity contribution in [2.45, 2.75) is 33.3 Å². The van der Waals surface area contributed by atoms with Crippen molar-refractivity contribution in [3.8, 4) is 6.07 Å². The molecule has 108 valence electrons. The lowest BCUT2D eigenvalue weighted by atomic mass is 10.1. The Balaban J connectivity index is 2.43. The smallest absolute Gasteiger partial charge is 0.407 e. The number of aryl methyl sites for hydroxylation is 1. The highest BCUT2D eigenvalue weighted by Gasteiger charge is 2.15. The fraction of sp³-hybridized carbons (Fsp3) is 0.467. The number of carbonyl (C=O) groups is 1. The molecule has 0 heterocycles. The average Bonchev–Trinajstić information content (AvgIpc) is 2.33. The summed E-state index contributed by atoms with van der Waals surface area (Å²) in [6, 6.07) is 7.68. The summed E-state index contributed by atoms with van der Waals surface area (Å²) in [5.74, 6) is 0.